The van der Waals surface area contributed by atoms with Crippen LogP contribution in [0.3, 0.4) is 0 Å². The summed E-state index contributed by atoms with van der Waals surface area (Å²) < 4.78 is 7.44. The molecular formula is C21H24N4O2. The first-order valence-corrected chi connectivity index (χ1v) is 9.38. The predicted octanol–water partition coefficient (Wildman–Crippen LogP) is 3.01. The molecule has 6 heteroatoms. The second-order valence-corrected chi connectivity index (χ2v) is 7.18. The Morgan fingerprint density at radius 1 is 1.30 bits per heavy atom. The first-order chi connectivity index (χ1) is 13.1. The maximum atomic E-state index is 12.7. The fraction of sp³-hybridized carbons (Fsp3) is 0.381. The van der Waals surface area contributed by atoms with Crippen molar-refractivity contribution in [2.24, 2.45) is 0 Å². The highest BCUT2D eigenvalue weighted by Crippen LogP contribution is 2.20. The average molecular weight is 364 g/mol. The number of hydrogen-bond acceptors (Lipinski definition) is 4. The average Bonchev–Trinajstić information content (AvgIpc) is 3.31. The summed E-state index contributed by atoms with van der Waals surface area (Å²) in [5.74, 6) is -0.101. The van der Waals surface area contributed by atoms with Gasteiger partial charge < -0.3 is 10.1 Å². The van der Waals surface area contributed by atoms with Crippen molar-refractivity contribution < 1.29 is 9.53 Å². The molecule has 1 aromatic carbocycles. The van der Waals surface area contributed by atoms with Gasteiger partial charge in [0.2, 0.25) is 0 Å². The van der Waals surface area contributed by atoms with E-state index in [4.69, 9.17) is 4.74 Å². The number of hydrogen-bond donors (Lipinski definition) is 1. The normalized spacial score (nSPS) is 16.7. The summed E-state index contributed by atoms with van der Waals surface area (Å²) in [7, 11) is 0. The van der Waals surface area contributed by atoms with Crippen molar-refractivity contribution in [2.45, 2.75) is 39.3 Å². The minimum absolute atomic E-state index is 0.101. The number of rotatable bonds is 5. The molecule has 1 aliphatic rings. The molecule has 1 aliphatic heterocycles. The number of aryl methyl sites for hydroxylation is 2. The zero-order chi connectivity index (χ0) is 18.8. The predicted molar refractivity (Wildman–Crippen MR) is 104 cm³/mol. The molecule has 6 nitrogen and oxygen atoms in total. The molecule has 0 aliphatic carbocycles. The monoisotopic (exact) mass is 364 g/mol. The van der Waals surface area contributed by atoms with Crippen molar-refractivity contribution in [3.63, 3.8) is 0 Å². The van der Waals surface area contributed by atoms with E-state index in [1.165, 1.54) is 5.56 Å². The lowest BCUT2D eigenvalue weighted by atomic mass is 10.1. The Labute approximate surface area is 158 Å². The molecular weight excluding hydrogens is 340 g/mol. The van der Waals surface area contributed by atoms with Crippen molar-refractivity contribution in [2.75, 3.05) is 13.2 Å². The van der Waals surface area contributed by atoms with Crippen LogP contribution < -0.4 is 5.32 Å². The van der Waals surface area contributed by atoms with E-state index in [-0.39, 0.29) is 12.0 Å². The van der Waals surface area contributed by atoms with Crippen molar-refractivity contribution in [1.82, 2.24) is 20.1 Å². The molecule has 1 unspecified atom stereocenters. The van der Waals surface area contributed by atoms with Gasteiger partial charge in [0.05, 0.1) is 29.8 Å². The van der Waals surface area contributed by atoms with Crippen LogP contribution >= 0.6 is 0 Å². The van der Waals surface area contributed by atoms with E-state index in [2.05, 4.69) is 46.6 Å². The molecule has 3 aromatic rings. The van der Waals surface area contributed by atoms with Gasteiger partial charge >= 0.3 is 0 Å². The number of ether oxygens (including phenoxy) is 1. The SMILES string of the molecule is Cc1ccc(Cn2ncc3c(C(=O)NCC4CCCO4)cc(C)nc32)cc1. The van der Waals surface area contributed by atoms with Gasteiger partial charge in [0.25, 0.3) is 5.91 Å². The number of fused-ring (bicyclic) bond motifs is 1. The number of amides is 1. The summed E-state index contributed by atoms with van der Waals surface area (Å²) in [6, 6.07) is 10.2. The maximum absolute atomic E-state index is 12.7. The number of nitrogens with one attached hydrogen (secondary N) is 1. The molecule has 1 fully saturated rings. The van der Waals surface area contributed by atoms with E-state index in [0.717, 1.165) is 41.7 Å². The number of carbonyl (C=O) groups is 1. The summed E-state index contributed by atoms with van der Waals surface area (Å²) in [5, 5.41) is 8.26. The van der Waals surface area contributed by atoms with E-state index < -0.39 is 0 Å². The highest BCUT2D eigenvalue weighted by atomic mass is 16.5. The van der Waals surface area contributed by atoms with Gasteiger partial charge in [-0.25, -0.2) is 9.67 Å². The lowest BCUT2D eigenvalue weighted by Crippen LogP contribution is -2.32. The number of carbonyl (C=O) groups excluding carboxylic acids is 1. The Balaban J connectivity index is 1.59. The summed E-state index contributed by atoms with van der Waals surface area (Å²) in [6.45, 7) is 5.92. The summed E-state index contributed by atoms with van der Waals surface area (Å²) >= 11 is 0. The lowest BCUT2D eigenvalue weighted by molar-refractivity contribution is 0.0859. The number of benzene rings is 1. The van der Waals surface area contributed by atoms with Crippen LogP contribution in [-0.2, 0) is 11.3 Å². The molecule has 2 aromatic heterocycles. The number of pyridine rings is 1. The summed E-state index contributed by atoms with van der Waals surface area (Å²) in [5.41, 5.74) is 4.53. The zero-order valence-electron chi connectivity index (χ0n) is 15.7. The summed E-state index contributed by atoms with van der Waals surface area (Å²) in [6.07, 6.45) is 3.91. The first kappa shape index (κ1) is 17.7. The second kappa shape index (κ2) is 7.48. The van der Waals surface area contributed by atoms with E-state index in [1.807, 2.05) is 17.7 Å². The molecule has 1 atom stereocenters. The standard InChI is InChI=1S/C21H24N4O2/c1-14-5-7-16(8-6-14)13-25-20-19(12-23-25)18(10-15(2)24-20)21(26)22-11-17-4-3-9-27-17/h5-8,10,12,17H,3-4,9,11,13H2,1-2H3,(H,22,26). The van der Waals surface area contributed by atoms with Gasteiger partial charge in [-0.2, -0.15) is 5.10 Å². The van der Waals surface area contributed by atoms with Crippen LogP contribution in [0.5, 0.6) is 0 Å². The van der Waals surface area contributed by atoms with Gasteiger partial charge in [-0.1, -0.05) is 29.8 Å². The van der Waals surface area contributed by atoms with Gasteiger partial charge in [0.15, 0.2) is 5.65 Å². The molecule has 1 saturated heterocycles. The third-order valence-corrected chi connectivity index (χ3v) is 4.95. The third-order valence-electron chi connectivity index (χ3n) is 4.95. The molecule has 27 heavy (non-hydrogen) atoms. The number of nitrogens with zero attached hydrogens (tertiary/aromatic N) is 3. The maximum Gasteiger partial charge on any atom is 0.252 e. The highest BCUT2D eigenvalue weighted by molar-refractivity contribution is 6.05. The van der Waals surface area contributed by atoms with Crippen molar-refractivity contribution >= 4 is 16.9 Å². The van der Waals surface area contributed by atoms with E-state index in [9.17, 15) is 4.79 Å². The molecule has 0 bridgehead atoms. The fourth-order valence-corrected chi connectivity index (χ4v) is 3.45. The lowest BCUT2D eigenvalue weighted by Gasteiger charge is -2.12. The molecule has 3 heterocycles. The first-order valence-electron chi connectivity index (χ1n) is 9.38. The third kappa shape index (κ3) is 3.85. The van der Waals surface area contributed by atoms with Crippen LogP contribution in [0.2, 0.25) is 0 Å². The Morgan fingerprint density at radius 3 is 2.85 bits per heavy atom. The number of aromatic nitrogens is 3. The van der Waals surface area contributed by atoms with Gasteiger partial charge in [0, 0.05) is 18.8 Å². The molecule has 4 rings (SSSR count). The van der Waals surface area contributed by atoms with Gasteiger partial charge in [-0.15, -0.1) is 0 Å². The smallest absolute Gasteiger partial charge is 0.252 e. The van der Waals surface area contributed by atoms with E-state index in [1.54, 1.807) is 6.20 Å². The molecule has 0 spiro atoms. The molecule has 1 N–H and O–H groups in total. The summed E-state index contributed by atoms with van der Waals surface area (Å²) in [4.78, 5) is 17.4. The topological polar surface area (TPSA) is 69.0 Å². The van der Waals surface area contributed by atoms with Crippen molar-refractivity contribution in [3.8, 4) is 0 Å². The van der Waals surface area contributed by atoms with E-state index in [0.29, 0.717) is 18.7 Å². The molecule has 0 saturated carbocycles. The van der Waals surface area contributed by atoms with Gasteiger partial charge in [-0.3, -0.25) is 4.79 Å². The Morgan fingerprint density at radius 2 is 2.11 bits per heavy atom. The zero-order valence-corrected chi connectivity index (χ0v) is 15.7. The minimum Gasteiger partial charge on any atom is -0.376 e. The van der Waals surface area contributed by atoms with Crippen LogP contribution in [0.25, 0.3) is 11.0 Å². The van der Waals surface area contributed by atoms with Crippen molar-refractivity contribution in [3.05, 3.63) is 58.9 Å². The largest absolute Gasteiger partial charge is 0.376 e. The Bertz CT molecular complexity index is 956. The second-order valence-electron chi connectivity index (χ2n) is 7.18. The van der Waals surface area contributed by atoms with Gasteiger partial charge in [0.1, 0.15) is 0 Å². The molecule has 0 radical (unpaired) electrons. The van der Waals surface area contributed by atoms with Crippen LogP contribution in [0.4, 0.5) is 0 Å². The molecule has 1 amide bonds. The van der Waals surface area contributed by atoms with Crippen LogP contribution in [0.15, 0.2) is 36.5 Å². The Hall–Kier alpha value is -2.73. The quantitative estimate of drug-likeness (QED) is 0.756. The fourth-order valence-electron chi connectivity index (χ4n) is 3.45. The van der Waals surface area contributed by atoms with Gasteiger partial charge in [-0.05, 0) is 38.3 Å². The van der Waals surface area contributed by atoms with E-state index >= 15 is 0 Å². The minimum atomic E-state index is -0.101. The van der Waals surface area contributed by atoms with Crippen LogP contribution in [0.1, 0.15) is 40.0 Å². The Kier molecular flexibility index (Phi) is 4.90. The van der Waals surface area contributed by atoms with Crippen molar-refractivity contribution in [1.29, 1.82) is 0 Å². The van der Waals surface area contributed by atoms with Crippen LogP contribution in [0, 0.1) is 13.8 Å². The van der Waals surface area contributed by atoms with Crippen LogP contribution in [-0.4, -0.2) is 39.9 Å². The highest BCUT2D eigenvalue weighted by Gasteiger charge is 2.19. The molecule has 140 valence electrons.